The minimum atomic E-state index is -0.575. The zero-order valence-electron chi connectivity index (χ0n) is 21.3. The molecule has 0 fully saturated rings. The molecule has 1 amide bonds. The summed E-state index contributed by atoms with van der Waals surface area (Å²) in [6.45, 7) is 7.64. The summed E-state index contributed by atoms with van der Waals surface area (Å²) in [5, 5.41) is 0. The molecule has 0 saturated heterocycles. The van der Waals surface area contributed by atoms with Crippen LogP contribution in [0.3, 0.4) is 0 Å². The fourth-order valence-corrected chi connectivity index (χ4v) is 3.93. The molecule has 2 aliphatic rings. The first-order valence-electron chi connectivity index (χ1n) is 12.3. The second-order valence-corrected chi connectivity index (χ2v) is 9.62. The summed E-state index contributed by atoms with van der Waals surface area (Å²) in [5.41, 5.74) is 1.18. The smallest absolute Gasteiger partial charge is 0.410 e. The van der Waals surface area contributed by atoms with Crippen LogP contribution < -0.4 is 9.47 Å². The number of rotatable bonds is 10. The lowest BCUT2D eigenvalue weighted by Gasteiger charge is -2.28. The van der Waals surface area contributed by atoms with Crippen LogP contribution in [0.15, 0.2) is 53.8 Å². The monoisotopic (exact) mass is 483 g/mol. The molecule has 0 aromatic heterocycles. The number of benzene rings is 1. The van der Waals surface area contributed by atoms with E-state index < -0.39 is 5.60 Å². The number of ether oxygens (including phenoxy) is 4. The summed E-state index contributed by atoms with van der Waals surface area (Å²) < 4.78 is 22.3. The van der Waals surface area contributed by atoms with Crippen LogP contribution in [0.25, 0.3) is 0 Å². The third kappa shape index (κ3) is 8.19. The molecule has 1 aromatic carbocycles. The molecule has 0 N–H and O–H groups in total. The van der Waals surface area contributed by atoms with E-state index in [0.29, 0.717) is 69.0 Å². The number of hydrogen-bond acceptors (Lipinski definition) is 6. The minimum absolute atomic E-state index is 0.0534. The van der Waals surface area contributed by atoms with Crippen LogP contribution in [0.1, 0.15) is 63.2 Å². The van der Waals surface area contributed by atoms with Gasteiger partial charge in [0.25, 0.3) is 0 Å². The Morgan fingerprint density at radius 1 is 1.03 bits per heavy atom. The highest BCUT2D eigenvalue weighted by Crippen LogP contribution is 2.31. The summed E-state index contributed by atoms with van der Waals surface area (Å²) >= 11 is 0. The third-order valence-electron chi connectivity index (χ3n) is 5.71. The first-order chi connectivity index (χ1) is 16.8. The van der Waals surface area contributed by atoms with Crippen molar-refractivity contribution in [1.82, 2.24) is 4.90 Å². The van der Waals surface area contributed by atoms with Crippen molar-refractivity contribution < 1.29 is 28.5 Å². The number of ketones is 1. The summed E-state index contributed by atoms with van der Waals surface area (Å²) in [4.78, 5) is 27.3. The van der Waals surface area contributed by atoms with Gasteiger partial charge in [-0.15, -0.1) is 0 Å². The van der Waals surface area contributed by atoms with Crippen molar-refractivity contribution in [1.29, 1.82) is 0 Å². The molecule has 1 aliphatic carbocycles. The van der Waals surface area contributed by atoms with Gasteiger partial charge >= 0.3 is 6.09 Å². The standard InChI is InChI=1S/C28H37NO6/c1-28(2,3)35-27(31)29(17-15-21-10-6-5-7-12-24(21)32-4)16-9-8-11-23(30)22-13-14-25-26(20-22)34-19-18-33-25/h5-7,12-14,20H,8-11,15-19H2,1-4H3. The molecule has 1 heterocycles. The maximum absolute atomic E-state index is 12.9. The van der Waals surface area contributed by atoms with Crippen LogP contribution in [0.5, 0.6) is 11.5 Å². The number of carbonyl (C=O) groups is 2. The number of fused-ring (bicyclic) bond motifs is 1. The zero-order valence-corrected chi connectivity index (χ0v) is 21.3. The Morgan fingerprint density at radius 2 is 1.80 bits per heavy atom. The van der Waals surface area contributed by atoms with Gasteiger partial charge in [0.05, 0.1) is 7.11 Å². The van der Waals surface area contributed by atoms with Gasteiger partial charge in [-0.05, 0) is 76.3 Å². The molecule has 0 radical (unpaired) electrons. The van der Waals surface area contributed by atoms with E-state index in [-0.39, 0.29) is 11.9 Å². The Labute approximate surface area is 208 Å². The summed E-state index contributed by atoms with van der Waals surface area (Å²) in [5.74, 6) is 2.18. The molecule has 1 aromatic rings. The van der Waals surface area contributed by atoms with E-state index >= 15 is 0 Å². The van der Waals surface area contributed by atoms with E-state index in [2.05, 4.69) is 6.08 Å². The molecule has 35 heavy (non-hydrogen) atoms. The maximum atomic E-state index is 12.9. The van der Waals surface area contributed by atoms with Gasteiger partial charge in [-0.1, -0.05) is 18.2 Å². The highest BCUT2D eigenvalue weighted by Gasteiger charge is 2.23. The molecular formula is C28H37NO6. The van der Waals surface area contributed by atoms with Gasteiger partial charge in [-0.25, -0.2) is 4.79 Å². The SMILES string of the molecule is COC1=C(CCN(CCCCC(=O)c2ccc3c(c2)OCCO3)C(=O)OC(C)(C)C)CC=CC=C1. The highest BCUT2D eigenvalue weighted by atomic mass is 16.6. The Hall–Kier alpha value is -3.22. The topological polar surface area (TPSA) is 74.3 Å². The number of methoxy groups -OCH3 is 1. The van der Waals surface area contributed by atoms with E-state index in [9.17, 15) is 9.59 Å². The van der Waals surface area contributed by atoms with Crippen LogP contribution in [0.4, 0.5) is 4.79 Å². The summed E-state index contributed by atoms with van der Waals surface area (Å²) in [6, 6.07) is 5.31. The van der Waals surface area contributed by atoms with Crippen molar-refractivity contribution in [2.75, 3.05) is 33.4 Å². The van der Waals surface area contributed by atoms with Crippen molar-refractivity contribution in [3.63, 3.8) is 0 Å². The lowest BCUT2D eigenvalue weighted by Crippen LogP contribution is -2.38. The van der Waals surface area contributed by atoms with Gasteiger partial charge in [-0.3, -0.25) is 4.79 Å². The van der Waals surface area contributed by atoms with Crippen LogP contribution in [-0.2, 0) is 9.47 Å². The van der Waals surface area contributed by atoms with Crippen molar-refractivity contribution in [3.05, 3.63) is 59.4 Å². The van der Waals surface area contributed by atoms with E-state index in [1.165, 1.54) is 0 Å². The molecule has 3 rings (SSSR count). The number of amides is 1. The molecule has 190 valence electrons. The first kappa shape index (κ1) is 26.4. The predicted molar refractivity (Wildman–Crippen MR) is 135 cm³/mol. The highest BCUT2D eigenvalue weighted by molar-refractivity contribution is 5.96. The van der Waals surface area contributed by atoms with Crippen LogP contribution >= 0.6 is 0 Å². The van der Waals surface area contributed by atoms with E-state index in [1.54, 1.807) is 30.2 Å². The Kier molecular flexibility index (Phi) is 9.40. The van der Waals surface area contributed by atoms with Crippen molar-refractivity contribution in [2.45, 2.75) is 58.5 Å². The second kappa shape index (κ2) is 12.5. The lowest BCUT2D eigenvalue weighted by molar-refractivity contribution is 0.0248. The van der Waals surface area contributed by atoms with Crippen LogP contribution in [0.2, 0.25) is 0 Å². The van der Waals surface area contributed by atoms with Crippen LogP contribution in [0, 0.1) is 0 Å². The average Bonchev–Trinajstić information content (AvgIpc) is 3.06. The van der Waals surface area contributed by atoms with Crippen molar-refractivity contribution >= 4 is 11.9 Å². The molecule has 0 atom stereocenters. The molecule has 0 bridgehead atoms. The van der Waals surface area contributed by atoms with E-state index in [4.69, 9.17) is 18.9 Å². The van der Waals surface area contributed by atoms with Crippen LogP contribution in [-0.4, -0.2) is 55.8 Å². The fraction of sp³-hybridized carbons (Fsp3) is 0.500. The predicted octanol–water partition coefficient (Wildman–Crippen LogP) is 5.85. The zero-order chi connectivity index (χ0) is 25.3. The summed E-state index contributed by atoms with van der Waals surface area (Å²) in [7, 11) is 1.66. The summed E-state index contributed by atoms with van der Waals surface area (Å²) in [6.07, 6.45) is 10.9. The molecule has 0 spiro atoms. The maximum Gasteiger partial charge on any atom is 0.410 e. The quantitative estimate of drug-likeness (QED) is 0.307. The Balaban J connectivity index is 1.55. The third-order valence-corrected chi connectivity index (χ3v) is 5.71. The van der Waals surface area contributed by atoms with Gasteiger partial charge in [0.1, 0.15) is 24.6 Å². The normalized spacial score (nSPS) is 15.0. The average molecular weight is 484 g/mol. The number of unbranched alkanes of at least 4 members (excludes halogenated alkanes) is 1. The molecule has 1 aliphatic heterocycles. The van der Waals surface area contributed by atoms with E-state index in [0.717, 1.165) is 17.8 Å². The molecule has 7 nitrogen and oxygen atoms in total. The molecular weight excluding hydrogens is 446 g/mol. The van der Waals surface area contributed by atoms with E-state index in [1.807, 2.05) is 39.0 Å². The van der Waals surface area contributed by atoms with Gasteiger partial charge in [0.15, 0.2) is 17.3 Å². The lowest BCUT2D eigenvalue weighted by atomic mass is 10.0. The minimum Gasteiger partial charge on any atom is -0.497 e. The van der Waals surface area contributed by atoms with Gasteiger partial charge < -0.3 is 23.8 Å². The fourth-order valence-electron chi connectivity index (χ4n) is 3.93. The van der Waals surface area contributed by atoms with Gasteiger partial charge in [0, 0.05) is 25.1 Å². The largest absolute Gasteiger partial charge is 0.497 e. The number of carbonyl (C=O) groups excluding carboxylic acids is 2. The van der Waals surface area contributed by atoms with Gasteiger partial charge in [-0.2, -0.15) is 0 Å². The number of allylic oxidation sites excluding steroid dienone is 4. The Bertz CT molecular complexity index is 986. The first-order valence-corrected chi connectivity index (χ1v) is 12.3. The van der Waals surface area contributed by atoms with Gasteiger partial charge in [0.2, 0.25) is 0 Å². The van der Waals surface area contributed by atoms with Crippen molar-refractivity contribution in [3.8, 4) is 11.5 Å². The number of nitrogens with zero attached hydrogens (tertiary/aromatic N) is 1. The molecule has 0 saturated carbocycles. The number of Topliss-reactive ketones (excluding diaryl/α,β-unsaturated/α-hetero) is 1. The van der Waals surface area contributed by atoms with Crippen molar-refractivity contribution in [2.24, 2.45) is 0 Å². The number of hydrogen-bond donors (Lipinski definition) is 0. The molecule has 7 heteroatoms. The Morgan fingerprint density at radius 3 is 2.54 bits per heavy atom. The second-order valence-electron chi connectivity index (χ2n) is 9.62. The molecule has 0 unspecified atom stereocenters.